The van der Waals surface area contributed by atoms with Crippen molar-refractivity contribution in [2.45, 2.75) is 57.6 Å². The molecular weight excluding hydrogens is 365 g/mol. The molecule has 5 heteroatoms. The van der Waals surface area contributed by atoms with Gasteiger partial charge < -0.3 is 4.74 Å². The van der Waals surface area contributed by atoms with Crippen LogP contribution in [0.2, 0.25) is 18.6 Å². The summed E-state index contributed by atoms with van der Waals surface area (Å²) >= 11 is 0. The van der Waals surface area contributed by atoms with Gasteiger partial charge in [-0.05, 0) is 29.2 Å². The summed E-state index contributed by atoms with van der Waals surface area (Å²) in [5.41, 5.74) is 1.92. The maximum absolute atomic E-state index is 12.3. The zero-order valence-electron chi connectivity index (χ0n) is 16.0. The van der Waals surface area contributed by atoms with Crippen molar-refractivity contribution in [3.8, 4) is 16.9 Å². The normalized spacial score (nSPS) is 23.2. The average Bonchev–Trinajstić information content (AvgIpc) is 2.63. The van der Waals surface area contributed by atoms with Crippen LogP contribution in [0.5, 0.6) is 5.75 Å². The van der Waals surface area contributed by atoms with Crippen LogP contribution in [0.15, 0.2) is 48.5 Å². The Morgan fingerprint density at radius 1 is 0.926 bits per heavy atom. The van der Waals surface area contributed by atoms with E-state index in [1.165, 1.54) is 55.1 Å². The van der Waals surface area contributed by atoms with Crippen molar-refractivity contribution in [2.75, 3.05) is 0 Å². The largest absolute Gasteiger partial charge is 0.573 e. The summed E-state index contributed by atoms with van der Waals surface area (Å²) in [4.78, 5) is 0. The van der Waals surface area contributed by atoms with Crippen molar-refractivity contribution < 1.29 is 17.9 Å². The molecule has 0 unspecified atom stereocenters. The van der Waals surface area contributed by atoms with Crippen LogP contribution in [0.1, 0.15) is 32.6 Å². The van der Waals surface area contributed by atoms with Crippen molar-refractivity contribution in [1.82, 2.24) is 0 Å². The second-order valence-corrected chi connectivity index (χ2v) is 12.6. The lowest BCUT2D eigenvalue weighted by atomic mass is 9.97. The number of ether oxygens (including phenoxy) is 1. The first-order valence-corrected chi connectivity index (χ1v) is 12.7. The molecule has 0 saturated carbocycles. The third-order valence-corrected chi connectivity index (χ3v) is 10.4. The minimum atomic E-state index is -4.65. The van der Waals surface area contributed by atoms with Crippen LogP contribution < -0.4 is 9.92 Å². The van der Waals surface area contributed by atoms with E-state index in [0.717, 1.165) is 17.0 Å². The Morgan fingerprint density at radius 3 is 1.93 bits per heavy atom. The number of rotatable bonds is 5. The number of hydrogen-bond acceptors (Lipinski definition) is 1. The van der Waals surface area contributed by atoms with E-state index in [4.69, 9.17) is 0 Å². The molecule has 0 bridgehead atoms. The number of alkyl halides is 3. The van der Waals surface area contributed by atoms with Gasteiger partial charge in [0.15, 0.2) is 0 Å². The van der Waals surface area contributed by atoms with E-state index < -0.39 is 14.4 Å². The van der Waals surface area contributed by atoms with Gasteiger partial charge in [0.1, 0.15) is 5.75 Å². The minimum absolute atomic E-state index is 0.188. The van der Waals surface area contributed by atoms with Gasteiger partial charge >= 0.3 is 6.36 Å². The van der Waals surface area contributed by atoms with E-state index >= 15 is 0 Å². The highest BCUT2D eigenvalue weighted by Crippen LogP contribution is 2.35. The fraction of sp³-hybridized carbons (Fsp3) is 0.455. The first kappa shape index (κ1) is 20.0. The smallest absolute Gasteiger partial charge is 0.406 e. The van der Waals surface area contributed by atoms with Gasteiger partial charge in [0.2, 0.25) is 0 Å². The molecule has 1 fully saturated rings. The van der Waals surface area contributed by atoms with Crippen LogP contribution in [0.3, 0.4) is 0 Å². The van der Waals surface area contributed by atoms with Crippen molar-refractivity contribution in [1.29, 1.82) is 0 Å². The summed E-state index contributed by atoms with van der Waals surface area (Å²) in [5.74, 6) is 0.721. The summed E-state index contributed by atoms with van der Waals surface area (Å²) in [6.45, 7) is 4.76. The maximum atomic E-state index is 12.3. The molecular formula is C22H27F3OSi. The molecule has 0 radical (unpaired) electrons. The fourth-order valence-electron chi connectivity index (χ4n) is 4.21. The third kappa shape index (κ3) is 5.16. The van der Waals surface area contributed by atoms with Crippen molar-refractivity contribution in [3.05, 3.63) is 48.5 Å². The van der Waals surface area contributed by atoms with E-state index in [-0.39, 0.29) is 5.75 Å². The molecule has 2 aromatic rings. The van der Waals surface area contributed by atoms with Crippen LogP contribution >= 0.6 is 0 Å². The van der Waals surface area contributed by atoms with Crippen LogP contribution in [0.4, 0.5) is 13.2 Å². The monoisotopic (exact) mass is 392 g/mol. The molecule has 146 valence electrons. The molecule has 0 amide bonds. The molecule has 0 aliphatic carbocycles. The van der Waals surface area contributed by atoms with E-state index in [2.05, 4.69) is 42.5 Å². The second-order valence-electron chi connectivity index (χ2n) is 7.94. The van der Waals surface area contributed by atoms with Gasteiger partial charge in [-0.2, -0.15) is 0 Å². The highest BCUT2D eigenvalue weighted by atomic mass is 28.3. The summed E-state index contributed by atoms with van der Waals surface area (Å²) in [6.07, 6.45) is 0.708. The second kappa shape index (κ2) is 8.09. The maximum Gasteiger partial charge on any atom is 0.573 e. The molecule has 1 aliphatic heterocycles. The lowest BCUT2D eigenvalue weighted by Gasteiger charge is -2.36. The summed E-state index contributed by atoms with van der Waals surface area (Å²) in [6, 6.07) is 17.5. The molecule has 1 aliphatic rings. The van der Waals surface area contributed by atoms with Gasteiger partial charge in [0.05, 0.1) is 8.07 Å². The average molecular weight is 393 g/mol. The summed E-state index contributed by atoms with van der Waals surface area (Å²) in [5, 5.41) is 1.50. The van der Waals surface area contributed by atoms with Crippen molar-refractivity contribution in [3.63, 3.8) is 0 Å². The standard InChI is InChI=1S/C22H27F3OSi/c1-3-4-17-13-15-27(2,16-14-17)21-11-7-19(8-12-21)18-5-9-20(10-6-18)26-22(23,24)25/h5-12,17H,3-4,13-16H2,1-2H3/t17-,27-. The van der Waals surface area contributed by atoms with E-state index in [1.807, 2.05) is 0 Å². The molecule has 1 nitrogen and oxygen atoms in total. The quantitative estimate of drug-likeness (QED) is 0.512. The molecule has 0 aromatic heterocycles. The van der Waals surface area contributed by atoms with Crippen LogP contribution in [-0.2, 0) is 0 Å². The van der Waals surface area contributed by atoms with Crippen molar-refractivity contribution >= 4 is 13.3 Å². The SMILES string of the molecule is CCC[C@H]1CC[Si@](C)(c2ccc(-c3ccc(OC(F)(F)F)cc3)cc2)CC1. The summed E-state index contributed by atoms with van der Waals surface area (Å²) < 4.78 is 40.7. The number of halogens is 3. The Kier molecular flexibility index (Phi) is 5.99. The van der Waals surface area contributed by atoms with Gasteiger partial charge in [-0.15, -0.1) is 13.2 Å². The van der Waals surface area contributed by atoms with Gasteiger partial charge in [0, 0.05) is 0 Å². The molecule has 0 atom stereocenters. The highest BCUT2D eigenvalue weighted by Gasteiger charge is 2.34. The van der Waals surface area contributed by atoms with Gasteiger partial charge in [0.25, 0.3) is 0 Å². The topological polar surface area (TPSA) is 9.23 Å². The fourth-order valence-corrected chi connectivity index (χ4v) is 8.10. The lowest BCUT2D eigenvalue weighted by Crippen LogP contribution is -2.47. The van der Waals surface area contributed by atoms with E-state index in [9.17, 15) is 13.2 Å². The zero-order chi connectivity index (χ0) is 19.5. The Hall–Kier alpha value is -1.75. The van der Waals surface area contributed by atoms with Crippen LogP contribution in [0, 0.1) is 5.92 Å². The molecule has 0 N–H and O–H groups in total. The van der Waals surface area contributed by atoms with E-state index in [1.54, 1.807) is 12.1 Å². The zero-order valence-corrected chi connectivity index (χ0v) is 17.0. The molecule has 2 aromatic carbocycles. The lowest BCUT2D eigenvalue weighted by molar-refractivity contribution is -0.274. The van der Waals surface area contributed by atoms with Crippen molar-refractivity contribution in [2.24, 2.45) is 5.92 Å². The first-order valence-electron chi connectivity index (χ1n) is 9.76. The number of benzene rings is 2. The molecule has 3 rings (SSSR count). The Labute approximate surface area is 160 Å². The Balaban J connectivity index is 1.68. The number of hydrogen-bond donors (Lipinski definition) is 0. The first-order chi connectivity index (χ1) is 12.8. The Bertz CT molecular complexity index is 730. The molecule has 1 saturated heterocycles. The molecule has 27 heavy (non-hydrogen) atoms. The summed E-state index contributed by atoms with van der Waals surface area (Å²) in [7, 11) is -1.39. The molecule has 1 heterocycles. The predicted octanol–water partition coefficient (Wildman–Crippen LogP) is 6.75. The van der Waals surface area contributed by atoms with Crippen LogP contribution in [-0.4, -0.2) is 14.4 Å². The third-order valence-electron chi connectivity index (χ3n) is 5.91. The van der Waals surface area contributed by atoms with Gasteiger partial charge in [-0.3, -0.25) is 0 Å². The van der Waals surface area contributed by atoms with E-state index in [0.29, 0.717) is 0 Å². The highest BCUT2D eigenvalue weighted by molar-refractivity contribution is 6.91. The van der Waals surface area contributed by atoms with Crippen LogP contribution in [0.25, 0.3) is 11.1 Å². The molecule has 0 spiro atoms. The minimum Gasteiger partial charge on any atom is -0.406 e. The van der Waals surface area contributed by atoms with Gasteiger partial charge in [-0.1, -0.05) is 92.8 Å². The Morgan fingerprint density at radius 2 is 1.44 bits per heavy atom. The van der Waals surface area contributed by atoms with Gasteiger partial charge in [-0.25, -0.2) is 0 Å². The predicted molar refractivity (Wildman–Crippen MR) is 107 cm³/mol.